The van der Waals surface area contributed by atoms with Gasteiger partial charge < -0.3 is 19.9 Å². The lowest BCUT2D eigenvalue weighted by Gasteiger charge is -2.22. The molecular weight excluding hydrogens is 238 g/mol. The van der Waals surface area contributed by atoms with E-state index < -0.39 is 0 Å². The van der Waals surface area contributed by atoms with E-state index in [0.717, 1.165) is 26.2 Å². The molecule has 114 valence electrons. The van der Waals surface area contributed by atoms with Crippen LogP contribution >= 0.6 is 0 Å². The molecule has 2 unspecified atom stereocenters. The lowest BCUT2D eigenvalue weighted by molar-refractivity contribution is 0.0267. The highest BCUT2D eigenvalue weighted by Gasteiger charge is 2.25. The largest absolute Gasteiger partial charge is 0.372 e. The van der Waals surface area contributed by atoms with Crippen LogP contribution < -0.4 is 5.32 Å². The second kappa shape index (κ2) is 8.90. The Kier molecular flexibility index (Phi) is 7.91. The highest BCUT2D eigenvalue weighted by atomic mass is 16.5. The van der Waals surface area contributed by atoms with E-state index in [9.17, 15) is 0 Å². The molecule has 1 saturated heterocycles. The van der Waals surface area contributed by atoms with Gasteiger partial charge in [0.2, 0.25) is 0 Å². The van der Waals surface area contributed by atoms with Crippen molar-refractivity contribution in [3.63, 3.8) is 0 Å². The van der Waals surface area contributed by atoms with Crippen molar-refractivity contribution in [3.8, 4) is 0 Å². The molecule has 4 heteroatoms. The first-order valence-electron chi connectivity index (χ1n) is 7.69. The first-order valence-corrected chi connectivity index (χ1v) is 7.69. The summed E-state index contributed by atoms with van der Waals surface area (Å²) in [7, 11) is 6.47. The van der Waals surface area contributed by atoms with E-state index >= 15 is 0 Å². The third-order valence-corrected chi connectivity index (χ3v) is 3.61. The van der Waals surface area contributed by atoms with Gasteiger partial charge in [-0.3, -0.25) is 0 Å². The summed E-state index contributed by atoms with van der Waals surface area (Å²) in [6.45, 7) is 8.77. The van der Waals surface area contributed by atoms with Crippen LogP contribution in [0.4, 0.5) is 0 Å². The molecule has 1 aliphatic rings. The summed E-state index contributed by atoms with van der Waals surface area (Å²) in [4.78, 5) is 4.65. The summed E-state index contributed by atoms with van der Waals surface area (Å²) in [5.74, 6) is 0. The van der Waals surface area contributed by atoms with Crippen LogP contribution in [0.5, 0.6) is 0 Å². The lowest BCUT2D eigenvalue weighted by atomic mass is 10.2. The number of ether oxygens (including phenoxy) is 1. The highest BCUT2D eigenvalue weighted by Crippen LogP contribution is 2.20. The van der Waals surface area contributed by atoms with Crippen molar-refractivity contribution in [1.29, 1.82) is 0 Å². The van der Waals surface area contributed by atoms with Crippen LogP contribution in [-0.4, -0.2) is 75.4 Å². The number of hydrogen-bond donors (Lipinski definition) is 1. The summed E-state index contributed by atoms with van der Waals surface area (Å²) >= 11 is 0. The maximum absolute atomic E-state index is 6.10. The van der Waals surface area contributed by atoms with Gasteiger partial charge in [0.25, 0.3) is 0 Å². The average Bonchev–Trinajstić information content (AvgIpc) is 2.73. The van der Waals surface area contributed by atoms with Crippen LogP contribution in [0.3, 0.4) is 0 Å². The predicted octanol–water partition coefficient (Wildman–Crippen LogP) is 1.42. The molecule has 0 aromatic heterocycles. The first kappa shape index (κ1) is 16.9. The van der Waals surface area contributed by atoms with E-state index in [1.807, 2.05) is 0 Å². The molecule has 0 aromatic rings. The monoisotopic (exact) mass is 271 g/mol. The zero-order valence-corrected chi connectivity index (χ0v) is 13.5. The molecule has 0 amide bonds. The SMILES string of the molecule is CC(C)NCC1CCC(CN(C)CCCN(C)C)O1. The van der Waals surface area contributed by atoms with Gasteiger partial charge in [-0.2, -0.15) is 0 Å². The van der Waals surface area contributed by atoms with Gasteiger partial charge >= 0.3 is 0 Å². The van der Waals surface area contributed by atoms with Crippen LogP contribution in [-0.2, 0) is 4.74 Å². The van der Waals surface area contributed by atoms with Gasteiger partial charge in [-0.05, 0) is 53.5 Å². The van der Waals surface area contributed by atoms with E-state index in [2.05, 4.69) is 50.1 Å². The Morgan fingerprint density at radius 3 is 2.42 bits per heavy atom. The fourth-order valence-corrected chi connectivity index (χ4v) is 2.53. The topological polar surface area (TPSA) is 27.7 Å². The summed E-state index contributed by atoms with van der Waals surface area (Å²) in [5, 5.41) is 3.46. The molecule has 0 radical (unpaired) electrons. The third-order valence-electron chi connectivity index (χ3n) is 3.61. The normalized spacial score (nSPS) is 24.0. The van der Waals surface area contributed by atoms with E-state index in [-0.39, 0.29) is 0 Å². The van der Waals surface area contributed by atoms with Gasteiger partial charge in [0, 0.05) is 19.1 Å². The second-order valence-corrected chi connectivity index (χ2v) is 6.44. The lowest BCUT2D eigenvalue weighted by Crippen LogP contribution is -2.34. The molecule has 1 rings (SSSR count). The van der Waals surface area contributed by atoms with Gasteiger partial charge in [-0.15, -0.1) is 0 Å². The summed E-state index contributed by atoms with van der Waals surface area (Å²) in [6, 6.07) is 0.552. The molecule has 19 heavy (non-hydrogen) atoms. The molecule has 1 N–H and O–H groups in total. The molecule has 0 bridgehead atoms. The molecule has 1 aliphatic heterocycles. The number of nitrogens with zero attached hydrogens (tertiary/aromatic N) is 2. The number of nitrogens with one attached hydrogen (secondary N) is 1. The molecule has 1 fully saturated rings. The average molecular weight is 271 g/mol. The van der Waals surface area contributed by atoms with Gasteiger partial charge in [0.1, 0.15) is 0 Å². The Hall–Kier alpha value is -0.160. The van der Waals surface area contributed by atoms with Crippen LogP contribution in [0.15, 0.2) is 0 Å². The van der Waals surface area contributed by atoms with E-state index in [0.29, 0.717) is 18.2 Å². The molecule has 0 aliphatic carbocycles. The minimum absolute atomic E-state index is 0.419. The number of hydrogen-bond acceptors (Lipinski definition) is 4. The molecule has 0 saturated carbocycles. The molecule has 0 spiro atoms. The Labute approximate surface area is 119 Å². The standard InChI is InChI=1S/C15H33N3O/c1-13(2)16-11-14-7-8-15(19-14)12-18(5)10-6-9-17(3)4/h13-16H,6-12H2,1-5H3. The Morgan fingerprint density at radius 2 is 1.79 bits per heavy atom. The van der Waals surface area contributed by atoms with E-state index in [1.165, 1.54) is 19.3 Å². The number of rotatable bonds is 9. The van der Waals surface area contributed by atoms with Gasteiger partial charge in [-0.25, -0.2) is 0 Å². The van der Waals surface area contributed by atoms with Crippen LogP contribution in [0.1, 0.15) is 33.1 Å². The summed E-state index contributed by atoms with van der Waals surface area (Å²) in [5.41, 5.74) is 0. The van der Waals surface area contributed by atoms with Crippen molar-refractivity contribution in [3.05, 3.63) is 0 Å². The maximum atomic E-state index is 6.10. The zero-order valence-electron chi connectivity index (χ0n) is 13.5. The minimum atomic E-state index is 0.419. The van der Waals surface area contributed by atoms with Crippen LogP contribution in [0.25, 0.3) is 0 Å². The van der Waals surface area contributed by atoms with E-state index in [4.69, 9.17) is 4.74 Å². The Balaban J connectivity index is 2.10. The smallest absolute Gasteiger partial charge is 0.0707 e. The second-order valence-electron chi connectivity index (χ2n) is 6.44. The summed E-state index contributed by atoms with van der Waals surface area (Å²) < 4.78 is 6.10. The highest BCUT2D eigenvalue weighted by molar-refractivity contribution is 4.77. The molecule has 4 nitrogen and oxygen atoms in total. The van der Waals surface area contributed by atoms with Gasteiger partial charge in [0.05, 0.1) is 12.2 Å². The predicted molar refractivity (Wildman–Crippen MR) is 81.7 cm³/mol. The van der Waals surface area contributed by atoms with E-state index in [1.54, 1.807) is 0 Å². The molecule has 2 atom stereocenters. The van der Waals surface area contributed by atoms with Crippen molar-refractivity contribution >= 4 is 0 Å². The minimum Gasteiger partial charge on any atom is -0.372 e. The zero-order chi connectivity index (χ0) is 14.3. The molecule has 1 heterocycles. The molecular formula is C15H33N3O. The van der Waals surface area contributed by atoms with Crippen LogP contribution in [0.2, 0.25) is 0 Å². The maximum Gasteiger partial charge on any atom is 0.0707 e. The first-order chi connectivity index (χ1) is 8.97. The van der Waals surface area contributed by atoms with Crippen LogP contribution in [0, 0.1) is 0 Å². The number of likely N-dealkylation sites (N-methyl/N-ethyl adjacent to an activating group) is 1. The Morgan fingerprint density at radius 1 is 1.11 bits per heavy atom. The van der Waals surface area contributed by atoms with Crippen molar-refractivity contribution in [2.45, 2.75) is 51.4 Å². The van der Waals surface area contributed by atoms with Crippen molar-refractivity contribution in [1.82, 2.24) is 15.1 Å². The van der Waals surface area contributed by atoms with Gasteiger partial charge in [-0.1, -0.05) is 13.8 Å². The Bertz CT molecular complexity index is 233. The van der Waals surface area contributed by atoms with Crippen molar-refractivity contribution < 1.29 is 4.74 Å². The van der Waals surface area contributed by atoms with Gasteiger partial charge in [0.15, 0.2) is 0 Å². The van der Waals surface area contributed by atoms with Crippen molar-refractivity contribution in [2.24, 2.45) is 0 Å². The fourth-order valence-electron chi connectivity index (χ4n) is 2.53. The quantitative estimate of drug-likeness (QED) is 0.686. The fraction of sp³-hybridized carbons (Fsp3) is 1.00. The molecule has 0 aromatic carbocycles. The summed E-state index contributed by atoms with van der Waals surface area (Å²) in [6.07, 6.45) is 4.50. The van der Waals surface area contributed by atoms with Crippen molar-refractivity contribution in [2.75, 3.05) is 47.3 Å². The third kappa shape index (κ3) is 7.88.